The number of nitrogens with zero attached hydrogens (tertiary/aromatic N) is 2. The van der Waals surface area contributed by atoms with Crippen molar-refractivity contribution in [3.8, 4) is 0 Å². The lowest BCUT2D eigenvalue weighted by molar-refractivity contribution is -0.125. The van der Waals surface area contributed by atoms with Crippen LogP contribution in [0, 0.1) is 0 Å². The predicted molar refractivity (Wildman–Crippen MR) is 91.4 cm³/mol. The number of carbonyl (C=O) groups excluding carboxylic acids is 2. The summed E-state index contributed by atoms with van der Waals surface area (Å²) in [7, 11) is 0. The summed E-state index contributed by atoms with van der Waals surface area (Å²) in [5.74, 6) is -0.0365. The first-order chi connectivity index (χ1) is 11.7. The van der Waals surface area contributed by atoms with E-state index in [2.05, 4.69) is 6.92 Å². The molecule has 6 nitrogen and oxygen atoms in total. The number of morpholine rings is 1. The van der Waals surface area contributed by atoms with E-state index >= 15 is 0 Å². The molecule has 0 N–H and O–H groups in total. The van der Waals surface area contributed by atoms with Crippen molar-refractivity contribution < 1.29 is 19.1 Å². The van der Waals surface area contributed by atoms with E-state index in [1.807, 2.05) is 24.3 Å². The van der Waals surface area contributed by atoms with Crippen molar-refractivity contribution in [1.82, 2.24) is 0 Å². The quantitative estimate of drug-likeness (QED) is 0.752. The van der Waals surface area contributed by atoms with Crippen LogP contribution in [0.2, 0.25) is 0 Å². The van der Waals surface area contributed by atoms with E-state index in [0.717, 1.165) is 37.1 Å². The van der Waals surface area contributed by atoms with Crippen LogP contribution in [-0.2, 0) is 14.3 Å². The third-order valence-electron chi connectivity index (χ3n) is 4.46. The first-order valence-electron chi connectivity index (χ1n) is 8.65. The average molecular weight is 332 g/mol. The first kappa shape index (κ1) is 16.8. The van der Waals surface area contributed by atoms with Gasteiger partial charge in [0.1, 0.15) is 12.7 Å². The van der Waals surface area contributed by atoms with Crippen molar-refractivity contribution >= 4 is 23.4 Å². The third-order valence-corrected chi connectivity index (χ3v) is 4.46. The lowest BCUT2D eigenvalue weighted by Gasteiger charge is -2.27. The summed E-state index contributed by atoms with van der Waals surface area (Å²) in [5.41, 5.74) is 1.64. The molecule has 2 aliphatic rings. The lowest BCUT2D eigenvalue weighted by Crippen LogP contribution is -2.41. The average Bonchev–Trinajstić information content (AvgIpc) is 2.96. The van der Waals surface area contributed by atoms with Gasteiger partial charge >= 0.3 is 6.09 Å². The standard InChI is InChI=1S/C18H24N2O4/c1-2-3-4-5-16-12-20(18(22)24-16)15-8-6-14(7-9-15)19-10-11-23-13-17(19)21/h6-9,16H,2-5,10-13H2,1H3. The first-order valence-corrected chi connectivity index (χ1v) is 8.65. The summed E-state index contributed by atoms with van der Waals surface area (Å²) < 4.78 is 10.6. The summed E-state index contributed by atoms with van der Waals surface area (Å²) in [6, 6.07) is 7.48. The fourth-order valence-corrected chi connectivity index (χ4v) is 3.11. The van der Waals surface area contributed by atoms with Gasteiger partial charge in [0.05, 0.1) is 13.2 Å². The topological polar surface area (TPSA) is 59.1 Å². The van der Waals surface area contributed by atoms with Crippen LogP contribution < -0.4 is 9.80 Å². The molecule has 3 rings (SSSR count). The Kier molecular flexibility index (Phi) is 5.35. The molecule has 0 radical (unpaired) electrons. The molecule has 24 heavy (non-hydrogen) atoms. The zero-order chi connectivity index (χ0) is 16.9. The maximum absolute atomic E-state index is 12.1. The van der Waals surface area contributed by atoms with Gasteiger partial charge in [0.25, 0.3) is 5.91 Å². The minimum Gasteiger partial charge on any atom is -0.444 e. The van der Waals surface area contributed by atoms with Crippen molar-refractivity contribution in [2.75, 3.05) is 36.1 Å². The Labute approximate surface area is 142 Å². The smallest absolute Gasteiger partial charge is 0.414 e. The maximum atomic E-state index is 12.1. The molecule has 2 aliphatic heterocycles. The van der Waals surface area contributed by atoms with Crippen molar-refractivity contribution in [1.29, 1.82) is 0 Å². The highest BCUT2D eigenvalue weighted by molar-refractivity contribution is 5.95. The Bertz CT molecular complexity index is 587. The molecule has 1 atom stereocenters. The van der Waals surface area contributed by atoms with Gasteiger partial charge in [-0.05, 0) is 37.1 Å². The van der Waals surface area contributed by atoms with Crippen LogP contribution >= 0.6 is 0 Å². The molecule has 1 unspecified atom stereocenters. The molecule has 2 fully saturated rings. The van der Waals surface area contributed by atoms with Crippen molar-refractivity contribution in [2.24, 2.45) is 0 Å². The number of carbonyl (C=O) groups is 2. The number of cyclic esters (lactones) is 1. The zero-order valence-electron chi connectivity index (χ0n) is 14.1. The molecule has 0 aliphatic carbocycles. The number of unbranched alkanes of at least 4 members (excludes halogenated alkanes) is 2. The molecule has 2 heterocycles. The molecule has 130 valence electrons. The number of hydrogen-bond acceptors (Lipinski definition) is 4. The van der Waals surface area contributed by atoms with Gasteiger partial charge in [-0.15, -0.1) is 0 Å². The Morgan fingerprint density at radius 1 is 1.08 bits per heavy atom. The van der Waals surface area contributed by atoms with Gasteiger partial charge in [-0.2, -0.15) is 0 Å². The predicted octanol–water partition coefficient (Wildman–Crippen LogP) is 2.96. The van der Waals surface area contributed by atoms with Gasteiger partial charge in [-0.1, -0.05) is 19.8 Å². The normalized spacial score (nSPS) is 21.3. The Morgan fingerprint density at radius 3 is 2.46 bits per heavy atom. The van der Waals surface area contributed by atoms with E-state index in [4.69, 9.17) is 9.47 Å². The van der Waals surface area contributed by atoms with Gasteiger partial charge in [-0.25, -0.2) is 4.79 Å². The Balaban J connectivity index is 1.63. The summed E-state index contributed by atoms with van der Waals surface area (Å²) in [6.07, 6.45) is 4.01. The van der Waals surface area contributed by atoms with E-state index in [1.165, 1.54) is 0 Å². The van der Waals surface area contributed by atoms with E-state index in [9.17, 15) is 9.59 Å². The summed E-state index contributed by atoms with van der Waals surface area (Å²) in [6.45, 7) is 3.99. The van der Waals surface area contributed by atoms with Crippen LogP contribution in [0.5, 0.6) is 0 Å². The van der Waals surface area contributed by atoms with Crippen LogP contribution in [0.1, 0.15) is 32.6 Å². The molecule has 2 amide bonds. The molecule has 1 aromatic carbocycles. The number of rotatable bonds is 6. The van der Waals surface area contributed by atoms with Gasteiger partial charge < -0.3 is 14.4 Å². The van der Waals surface area contributed by atoms with Crippen LogP contribution in [0.4, 0.5) is 16.2 Å². The van der Waals surface area contributed by atoms with Crippen molar-refractivity contribution in [2.45, 2.75) is 38.7 Å². The number of hydrogen-bond donors (Lipinski definition) is 0. The molecular formula is C18H24N2O4. The summed E-state index contributed by atoms with van der Waals surface area (Å²) >= 11 is 0. The van der Waals surface area contributed by atoms with Crippen LogP contribution in [0.15, 0.2) is 24.3 Å². The van der Waals surface area contributed by atoms with E-state index in [-0.39, 0.29) is 24.7 Å². The van der Waals surface area contributed by atoms with E-state index in [1.54, 1.807) is 9.80 Å². The Hall–Kier alpha value is -2.08. The fourth-order valence-electron chi connectivity index (χ4n) is 3.11. The van der Waals surface area contributed by atoms with Crippen LogP contribution in [0.3, 0.4) is 0 Å². The van der Waals surface area contributed by atoms with Crippen LogP contribution in [0.25, 0.3) is 0 Å². The maximum Gasteiger partial charge on any atom is 0.414 e. The second-order valence-corrected chi connectivity index (χ2v) is 6.23. The SMILES string of the molecule is CCCCCC1CN(c2ccc(N3CCOCC3=O)cc2)C(=O)O1. The molecule has 2 saturated heterocycles. The second-order valence-electron chi connectivity index (χ2n) is 6.23. The number of amides is 2. The molecule has 0 bridgehead atoms. The molecular weight excluding hydrogens is 308 g/mol. The minimum absolute atomic E-state index is 0.0236. The van der Waals surface area contributed by atoms with Crippen LogP contribution in [-0.4, -0.2) is 44.4 Å². The third kappa shape index (κ3) is 3.70. The summed E-state index contributed by atoms with van der Waals surface area (Å²) in [4.78, 5) is 27.3. The largest absolute Gasteiger partial charge is 0.444 e. The zero-order valence-corrected chi connectivity index (χ0v) is 14.1. The summed E-state index contributed by atoms with van der Waals surface area (Å²) in [5, 5.41) is 0. The van der Waals surface area contributed by atoms with Crippen molar-refractivity contribution in [3.63, 3.8) is 0 Å². The molecule has 0 spiro atoms. The van der Waals surface area contributed by atoms with Gasteiger partial charge in [-0.3, -0.25) is 9.69 Å². The molecule has 0 saturated carbocycles. The number of ether oxygens (including phenoxy) is 2. The fraction of sp³-hybridized carbons (Fsp3) is 0.556. The highest BCUT2D eigenvalue weighted by Gasteiger charge is 2.32. The van der Waals surface area contributed by atoms with Gasteiger partial charge in [0.15, 0.2) is 0 Å². The Morgan fingerprint density at radius 2 is 1.79 bits per heavy atom. The van der Waals surface area contributed by atoms with Crippen molar-refractivity contribution in [3.05, 3.63) is 24.3 Å². The highest BCUT2D eigenvalue weighted by atomic mass is 16.6. The molecule has 0 aromatic heterocycles. The minimum atomic E-state index is -0.285. The second kappa shape index (κ2) is 7.66. The number of benzene rings is 1. The number of anilines is 2. The lowest BCUT2D eigenvalue weighted by atomic mass is 10.1. The molecule has 6 heteroatoms. The molecule has 1 aromatic rings. The highest BCUT2D eigenvalue weighted by Crippen LogP contribution is 2.27. The van der Waals surface area contributed by atoms with E-state index < -0.39 is 0 Å². The van der Waals surface area contributed by atoms with Gasteiger partial charge in [0, 0.05) is 17.9 Å². The van der Waals surface area contributed by atoms with E-state index in [0.29, 0.717) is 19.7 Å². The monoisotopic (exact) mass is 332 g/mol. The van der Waals surface area contributed by atoms with Gasteiger partial charge in [0.2, 0.25) is 0 Å².